The number of anilines is 1. The Bertz CT molecular complexity index is 579. The average molecular weight is 339 g/mol. The zero-order valence-corrected chi connectivity index (χ0v) is 14.9. The van der Waals surface area contributed by atoms with Crippen LogP contribution in [0.5, 0.6) is 0 Å². The Balaban J connectivity index is 3.31. The largest absolute Gasteiger partial charge is 0.462 e. The molecule has 0 spiro atoms. The van der Waals surface area contributed by atoms with Gasteiger partial charge in [0.05, 0.1) is 17.9 Å². The molecule has 0 saturated heterocycles. The van der Waals surface area contributed by atoms with Gasteiger partial charge in [0.2, 0.25) is 0 Å². The van der Waals surface area contributed by atoms with Crippen molar-refractivity contribution in [1.82, 2.24) is 0 Å². The van der Waals surface area contributed by atoms with Crippen LogP contribution in [0.4, 0.5) is 10.1 Å². The predicted molar refractivity (Wildman–Crippen MR) is 89.9 cm³/mol. The van der Waals surface area contributed by atoms with E-state index in [0.29, 0.717) is 12.8 Å². The number of hydrogen-bond acceptors (Lipinski definition) is 5. The first kappa shape index (κ1) is 19.9. The Morgan fingerprint density at radius 2 is 1.58 bits per heavy atom. The maximum atomic E-state index is 13.9. The van der Waals surface area contributed by atoms with Crippen LogP contribution in [0.3, 0.4) is 0 Å². The first-order valence-electron chi connectivity index (χ1n) is 8.14. The molecule has 24 heavy (non-hydrogen) atoms. The van der Waals surface area contributed by atoms with Crippen LogP contribution in [-0.2, 0) is 24.5 Å². The van der Waals surface area contributed by atoms with Gasteiger partial charge in [-0.25, -0.2) is 4.39 Å². The molecule has 134 valence electrons. The molecule has 0 bridgehead atoms. The molecule has 0 aliphatic carbocycles. The van der Waals surface area contributed by atoms with Gasteiger partial charge in [0.15, 0.2) is 5.41 Å². The predicted octanol–water partition coefficient (Wildman–Crippen LogP) is 3.35. The van der Waals surface area contributed by atoms with Gasteiger partial charge < -0.3 is 15.2 Å². The number of nitrogen functional groups attached to an aromatic ring is 1. The maximum Gasteiger partial charge on any atom is 0.328 e. The summed E-state index contributed by atoms with van der Waals surface area (Å²) in [6, 6.07) is 3.83. The molecule has 6 heteroatoms. The van der Waals surface area contributed by atoms with E-state index in [2.05, 4.69) is 0 Å². The summed E-state index contributed by atoms with van der Waals surface area (Å²) in [7, 11) is 0. The van der Waals surface area contributed by atoms with Crippen molar-refractivity contribution >= 4 is 17.6 Å². The van der Waals surface area contributed by atoms with Crippen LogP contribution in [0, 0.1) is 5.82 Å². The SMILES string of the molecule is CCC(C)OC(=O)C(C)(C(=O)OC(C)CC)c1ccc(N)c(F)c1. The Labute approximate surface area is 142 Å². The van der Waals surface area contributed by atoms with Crippen LogP contribution < -0.4 is 5.73 Å². The van der Waals surface area contributed by atoms with E-state index >= 15 is 0 Å². The standard InChI is InChI=1S/C18H26FNO4/c1-6-11(3)23-16(21)18(5,17(22)24-12(4)7-2)13-8-9-15(20)14(19)10-13/h8-12H,6-7,20H2,1-5H3. The fourth-order valence-corrected chi connectivity index (χ4v) is 1.92. The van der Waals surface area contributed by atoms with Crippen molar-refractivity contribution in [2.75, 3.05) is 5.73 Å². The van der Waals surface area contributed by atoms with Crippen molar-refractivity contribution in [3.05, 3.63) is 29.6 Å². The molecule has 0 aliphatic heterocycles. The molecular weight excluding hydrogens is 313 g/mol. The lowest BCUT2D eigenvalue weighted by molar-refractivity contribution is -0.169. The highest BCUT2D eigenvalue weighted by molar-refractivity contribution is 6.06. The van der Waals surface area contributed by atoms with E-state index < -0.39 is 23.2 Å². The van der Waals surface area contributed by atoms with Crippen molar-refractivity contribution < 1.29 is 23.5 Å². The normalized spacial score (nSPS) is 15.9. The molecule has 2 atom stereocenters. The van der Waals surface area contributed by atoms with Gasteiger partial charge in [-0.3, -0.25) is 9.59 Å². The third-order valence-corrected chi connectivity index (χ3v) is 4.16. The summed E-state index contributed by atoms with van der Waals surface area (Å²) in [5.74, 6) is -2.24. The summed E-state index contributed by atoms with van der Waals surface area (Å²) in [5, 5.41) is 0. The van der Waals surface area contributed by atoms with Crippen LogP contribution in [0.2, 0.25) is 0 Å². The number of hydrogen-bond donors (Lipinski definition) is 1. The van der Waals surface area contributed by atoms with Crippen molar-refractivity contribution in [2.24, 2.45) is 0 Å². The lowest BCUT2D eigenvalue weighted by Crippen LogP contribution is -2.45. The second-order valence-corrected chi connectivity index (χ2v) is 6.11. The van der Waals surface area contributed by atoms with Gasteiger partial charge in [-0.15, -0.1) is 0 Å². The van der Waals surface area contributed by atoms with Crippen molar-refractivity contribution in [2.45, 2.75) is 65.1 Å². The summed E-state index contributed by atoms with van der Waals surface area (Å²) in [5.41, 5.74) is 3.80. The molecule has 0 aliphatic rings. The van der Waals surface area contributed by atoms with E-state index in [1.54, 1.807) is 13.8 Å². The smallest absolute Gasteiger partial charge is 0.328 e. The van der Waals surface area contributed by atoms with Gasteiger partial charge in [0.1, 0.15) is 5.82 Å². The zero-order chi connectivity index (χ0) is 18.5. The van der Waals surface area contributed by atoms with Crippen LogP contribution in [0.15, 0.2) is 18.2 Å². The van der Waals surface area contributed by atoms with Crippen molar-refractivity contribution in [3.8, 4) is 0 Å². The zero-order valence-electron chi connectivity index (χ0n) is 14.9. The highest BCUT2D eigenvalue weighted by Gasteiger charge is 2.47. The minimum absolute atomic E-state index is 0.0633. The first-order valence-corrected chi connectivity index (χ1v) is 8.14. The van der Waals surface area contributed by atoms with E-state index in [9.17, 15) is 14.0 Å². The topological polar surface area (TPSA) is 78.6 Å². The lowest BCUT2D eigenvalue weighted by atomic mass is 9.82. The molecule has 0 radical (unpaired) electrons. The lowest BCUT2D eigenvalue weighted by Gasteiger charge is -2.28. The second kappa shape index (κ2) is 8.13. The summed E-state index contributed by atoms with van der Waals surface area (Å²) < 4.78 is 24.5. The molecular formula is C18H26FNO4. The monoisotopic (exact) mass is 339 g/mol. The number of esters is 2. The van der Waals surface area contributed by atoms with Gasteiger partial charge in [-0.2, -0.15) is 0 Å². The van der Waals surface area contributed by atoms with Crippen LogP contribution in [0.1, 0.15) is 53.0 Å². The summed E-state index contributed by atoms with van der Waals surface area (Å²) in [6.07, 6.45) is 0.454. The highest BCUT2D eigenvalue weighted by Crippen LogP contribution is 2.30. The number of carbonyl (C=O) groups is 2. The Morgan fingerprint density at radius 3 is 1.96 bits per heavy atom. The number of ether oxygens (including phenoxy) is 2. The molecule has 5 nitrogen and oxygen atoms in total. The number of nitrogens with two attached hydrogens (primary N) is 1. The van der Waals surface area contributed by atoms with Crippen molar-refractivity contribution in [1.29, 1.82) is 0 Å². The van der Waals surface area contributed by atoms with Crippen LogP contribution in [-0.4, -0.2) is 24.1 Å². The minimum Gasteiger partial charge on any atom is -0.462 e. The van der Waals surface area contributed by atoms with Gasteiger partial charge >= 0.3 is 11.9 Å². The molecule has 0 amide bonds. The Morgan fingerprint density at radius 1 is 1.12 bits per heavy atom. The van der Waals surface area contributed by atoms with E-state index in [4.69, 9.17) is 15.2 Å². The fourth-order valence-electron chi connectivity index (χ4n) is 1.92. The maximum absolute atomic E-state index is 13.9. The van der Waals surface area contributed by atoms with Crippen LogP contribution in [0.25, 0.3) is 0 Å². The van der Waals surface area contributed by atoms with Crippen LogP contribution >= 0.6 is 0 Å². The summed E-state index contributed by atoms with van der Waals surface area (Å²) in [6.45, 7) is 8.54. The molecule has 1 rings (SSSR count). The van der Waals surface area contributed by atoms with Gasteiger partial charge in [-0.1, -0.05) is 19.9 Å². The molecule has 0 saturated carbocycles. The first-order chi connectivity index (χ1) is 11.2. The summed E-state index contributed by atoms with van der Waals surface area (Å²) >= 11 is 0. The van der Waals surface area contributed by atoms with E-state index in [-0.39, 0.29) is 23.5 Å². The molecule has 0 fully saturated rings. The molecule has 2 N–H and O–H groups in total. The summed E-state index contributed by atoms with van der Waals surface area (Å²) in [4.78, 5) is 25.3. The van der Waals surface area contributed by atoms with Gasteiger partial charge in [0.25, 0.3) is 0 Å². The number of benzene rings is 1. The molecule has 0 aromatic heterocycles. The Hall–Kier alpha value is -2.11. The molecule has 2 unspecified atom stereocenters. The quantitative estimate of drug-likeness (QED) is 0.468. The van der Waals surface area contributed by atoms with Gasteiger partial charge in [0, 0.05) is 0 Å². The number of halogens is 1. The molecule has 1 aromatic carbocycles. The fraction of sp³-hybridized carbons (Fsp3) is 0.556. The van der Waals surface area contributed by atoms with E-state index in [1.165, 1.54) is 19.1 Å². The minimum atomic E-state index is -1.76. The van der Waals surface area contributed by atoms with Gasteiger partial charge in [-0.05, 0) is 51.3 Å². The molecule has 0 heterocycles. The third kappa shape index (κ3) is 4.24. The number of rotatable bonds is 7. The average Bonchev–Trinajstić information content (AvgIpc) is 2.55. The van der Waals surface area contributed by atoms with Crippen molar-refractivity contribution in [3.63, 3.8) is 0 Å². The Kier molecular flexibility index (Phi) is 6.75. The van der Waals surface area contributed by atoms with E-state index in [1.807, 2.05) is 13.8 Å². The van der Waals surface area contributed by atoms with E-state index in [0.717, 1.165) is 6.07 Å². The highest BCUT2D eigenvalue weighted by atomic mass is 19.1. The number of carbonyl (C=O) groups excluding carboxylic acids is 2. The second-order valence-electron chi connectivity index (χ2n) is 6.11. The molecule has 1 aromatic rings. The third-order valence-electron chi connectivity index (χ3n) is 4.16.